The molecule has 2 heterocycles. The Morgan fingerprint density at radius 2 is 1.62 bits per heavy atom. The van der Waals surface area contributed by atoms with E-state index in [1.54, 1.807) is 12.1 Å². The topological polar surface area (TPSA) is 101 Å². The number of primary sulfonamides is 1. The zero-order valence-corrected chi connectivity index (χ0v) is 23.2. The molecule has 3 aromatic carbocycles. The third kappa shape index (κ3) is 6.07. The largest absolute Gasteiger partial charge is 0.352 e. The Bertz CT molecular complexity index is 1590. The monoisotopic (exact) mass is 545 g/mol. The van der Waals surface area contributed by atoms with Gasteiger partial charge in [0.1, 0.15) is 0 Å². The van der Waals surface area contributed by atoms with E-state index in [0.29, 0.717) is 12.1 Å². The van der Waals surface area contributed by atoms with Gasteiger partial charge in [0.25, 0.3) is 5.91 Å². The average molecular weight is 546 g/mol. The molecular weight excluding hydrogens is 510 g/mol. The van der Waals surface area contributed by atoms with Gasteiger partial charge in [0.15, 0.2) is 0 Å². The number of nitrogens with one attached hydrogen (secondary N) is 1. The molecular formula is C30H35N5O3S. The minimum Gasteiger partial charge on any atom is -0.352 e. The standard InChI is InChI=1S/C30H35N5O3S/c1-22-28(30(36)32-14-5-15-34-18-16-33(2)17-19-34)21-29(25-9-8-23-6-3-4-7-24(23)20-25)35(22)26-10-12-27(13-11-26)39(31,37)38/h3-4,6-13,20-21H,5,14-19H2,1-2H3,(H,32,36)(H2,31,37,38). The Balaban J connectivity index is 1.43. The van der Waals surface area contributed by atoms with Gasteiger partial charge in [0.2, 0.25) is 10.0 Å². The zero-order chi connectivity index (χ0) is 27.6. The molecule has 3 N–H and O–H groups in total. The Kier molecular flexibility index (Phi) is 7.86. The van der Waals surface area contributed by atoms with E-state index < -0.39 is 10.0 Å². The fourth-order valence-electron chi connectivity index (χ4n) is 5.19. The minimum atomic E-state index is -3.81. The predicted molar refractivity (Wildman–Crippen MR) is 156 cm³/mol. The van der Waals surface area contributed by atoms with Crippen molar-refractivity contribution in [3.05, 3.63) is 84.1 Å². The lowest BCUT2D eigenvalue weighted by Crippen LogP contribution is -2.45. The number of nitrogens with two attached hydrogens (primary N) is 1. The number of piperazine rings is 1. The van der Waals surface area contributed by atoms with Crippen molar-refractivity contribution < 1.29 is 13.2 Å². The highest BCUT2D eigenvalue weighted by atomic mass is 32.2. The van der Waals surface area contributed by atoms with Crippen molar-refractivity contribution in [2.75, 3.05) is 46.3 Å². The van der Waals surface area contributed by atoms with Crippen molar-refractivity contribution >= 4 is 26.7 Å². The second-order valence-corrected chi connectivity index (χ2v) is 11.8. The fourth-order valence-corrected chi connectivity index (χ4v) is 5.70. The van der Waals surface area contributed by atoms with Crippen LogP contribution in [0.25, 0.3) is 27.7 Å². The lowest BCUT2D eigenvalue weighted by Gasteiger charge is -2.32. The summed E-state index contributed by atoms with van der Waals surface area (Å²) in [5.41, 5.74) is 3.93. The second kappa shape index (κ2) is 11.3. The van der Waals surface area contributed by atoms with Crippen LogP contribution >= 0.6 is 0 Å². The molecule has 0 aliphatic carbocycles. The molecule has 0 spiro atoms. The van der Waals surface area contributed by atoms with Gasteiger partial charge in [-0.25, -0.2) is 13.6 Å². The van der Waals surface area contributed by atoms with E-state index in [1.807, 2.05) is 35.8 Å². The van der Waals surface area contributed by atoms with Crippen LogP contribution in [-0.2, 0) is 10.0 Å². The number of hydrogen-bond donors (Lipinski definition) is 2. The van der Waals surface area contributed by atoms with Crippen LogP contribution in [0.2, 0.25) is 0 Å². The van der Waals surface area contributed by atoms with E-state index in [9.17, 15) is 13.2 Å². The van der Waals surface area contributed by atoms with Crippen molar-refractivity contribution in [1.82, 2.24) is 19.7 Å². The maximum Gasteiger partial charge on any atom is 0.253 e. The lowest BCUT2D eigenvalue weighted by molar-refractivity contribution is 0.0949. The highest BCUT2D eigenvalue weighted by Gasteiger charge is 2.21. The van der Waals surface area contributed by atoms with E-state index >= 15 is 0 Å². The number of sulfonamides is 1. The van der Waals surface area contributed by atoms with Crippen molar-refractivity contribution in [3.63, 3.8) is 0 Å². The van der Waals surface area contributed by atoms with E-state index in [-0.39, 0.29) is 10.8 Å². The zero-order valence-electron chi connectivity index (χ0n) is 22.4. The number of rotatable bonds is 8. The molecule has 0 saturated carbocycles. The van der Waals surface area contributed by atoms with Crippen LogP contribution in [0.3, 0.4) is 0 Å². The summed E-state index contributed by atoms with van der Waals surface area (Å²) >= 11 is 0. The summed E-state index contributed by atoms with van der Waals surface area (Å²) in [5.74, 6) is -0.118. The number of fused-ring (bicyclic) bond motifs is 1. The van der Waals surface area contributed by atoms with Crippen LogP contribution in [-0.4, -0.2) is 75.0 Å². The van der Waals surface area contributed by atoms with Gasteiger partial charge in [0, 0.05) is 44.1 Å². The Morgan fingerprint density at radius 3 is 2.31 bits per heavy atom. The molecule has 1 aromatic heterocycles. The van der Waals surface area contributed by atoms with Gasteiger partial charge in [-0.2, -0.15) is 0 Å². The lowest BCUT2D eigenvalue weighted by atomic mass is 10.0. The second-order valence-electron chi connectivity index (χ2n) is 10.2. The predicted octanol–water partition coefficient (Wildman–Crippen LogP) is 3.62. The first kappa shape index (κ1) is 27.1. The van der Waals surface area contributed by atoms with E-state index in [1.165, 1.54) is 12.1 Å². The van der Waals surface area contributed by atoms with Crippen molar-refractivity contribution in [1.29, 1.82) is 0 Å². The first-order valence-electron chi connectivity index (χ1n) is 13.2. The van der Waals surface area contributed by atoms with Gasteiger partial charge in [-0.05, 0) is 79.7 Å². The van der Waals surface area contributed by atoms with Gasteiger partial charge in [-0.15, -0.1) is 0 Å². The Morgan fingerprint density at radius 1 is 0.923 bits per heavy atom. The summed E-state index contributed by atoms with van der Waals surface area (Å²) in [6.07, 6.45) is 0.891. The number of carbonyl (C=O) groups excluding carboxylic acids is 1. The molecule has 5 rings (SSSR count). The summed E-state index contributed by atoms with van der Waals surface area (Å²) in [4.78, 5) is 18.2. The highest BCUT2D eigenvalue weighted by Crippen LogP contribution is 2.32. The number of amides is 1. The molecule has 8 nitrogen and oxygen atoms in total. The normalized spacial score (nSPS) is 15.1. The fraction of sp³-hybridized carbons (Fsp3) is 0.300. The molecule has 1 aliphatic rings. The smallest absolute Gasteiger partial charge is 0.253 e. The number of hydrogen-bond acceptors (Lipinski definition) is 5. The Hall–Kier alpha value is -3.50. The van der Waals surface area contributed by atoms with Crippen LogP contribution in [0, 0.1) is 6.92 Å². The first-order valence-corrected chi connectivity index (χ1v) is 14.8. The first-order chi connectivity index (χ1) is 18.7. The van der Waals surface area contributed by atoms with E-state index in [0.717, 1.165) is 72.6 Å². The average Bonchev–Trinajstić information content (AvgIpc) is 3.28. The van der Waals surface area contributed by atoms with E-state index in [4.69, 9.17) is 5.14 Å². The number of aromatic nitrogens is 1. The number of carbonyl (C=O) groups is 1. The minimum absolute atomic E-state index is 0.0432. The molecule has 0 bridgehead atoms. The van der Waals surface area contributed by atoms with Crippen LogP contribution in [0.15, 0.2) is 77.7 Å². The molecule has 1 aliphatic heterocycles. The summed E-state index contributed by atoms with van der Waals surface area (Å²) < 4.78 is 25.6. The number of benzene rings is 3. The highest BCUT2D eigenvalue weighted by molar-refractivity contribution is 7.89. The summed E-state index contributed by atoms with van der Waals surface area (Å²) in [6.45, 7) is 7.76. The van der Waals surface area contributed by atoms with Crippen molar-refractivity contribution in [2.45, 2.75) is 18.2 Å². The SMILES string of the molecule is Cc1c(C(=O)NCCCN2CCN(C)CC2)cc(-c2ccc3ccccc3c2)n1-c1ccc(S(N)(=O)=O)cc1. The molecule has 39 heavy (non-hydrogen) atoms. The van der Waals surface area contributed by atoms with Crippen molar-refractivity contribution in [2.24, 2.45) is 5.14 Å². The molecule has 4 aromatic rings. The number of likely N-dealkylation sites (N-methyl/N-ethyl adjacent to an activating group) is 1. The molecule has 0 unspecified atom stereocenters. The molecule has 1 amide bonds. The Labute approximate surface area is 230 Å². The van der Waals surface area contributed by atoms with Gasteiger partial charge in [-0.3, -0.25) is 4.79 Å². The summed E-state index contributed by atoms with van der Waals surface area (Å²) in [6, 6.07) is 22.7. The van der Waals surface area contributed by atoms with Crippen molar-refractivity contribution in [3.8, 4) is 16.9 Å². The van der Waals surface area contributed by atoms with Crippen LogP contribution in [0.5, 0.6) is 0 Å². The maximum absolute atomic E-state index is 13.3. The molecule has 9 heteroatoms. The molecule has 1 fully saturated rings. The number of nitrogens with zero attached hydrogens (tertiary/aromatic N) is 3. The molecule has 204 valence electrons. The van der Waals surface area contributed by atoms with Crippen LogP contribution in [0.4, 0.5) is 0 Å². The third-order valence-corrected chi connectivity index (χ3v) is 8.42. The summed E-state index contributed by atoms with van der Waals surface area (Å²) in [5, 5.41) is 10.6. The van der Waals surface area contributed by atoms with Gasteiger partial charge in [-0.1, -0.05) is 36.4 Å². The van der Waals surface area contributed by atoms with Gasteiger partial charge >= 0.3 is 0 Å². The molecule has 1 saturated heterocycles. The van der Waals surface area contributed by atoms with Gasteiger partial charge in [0.05, 0.1) is 16.2 Å². The summed E-state index contributed by atoms with van der Waals surface area (Å²) in [7, 11) is -1.66. The molecule has 0 atom stereocenters. The maximum atomic E-state index is 13.3. The third-order valence-electron chi connectivity index (χ3n) is 7.49. The van der Waals surface area contributed by atoms with Crippen LogP contribution in [0.1, 0.15) is 22.5 Å². The van der Waals surface area contributed by atoms with Gasteiger partial charge < -0.3 is 19.7 Å². The van der Waals surface area contributed by atoms with E-state index in [2.05, 4.69) is 46.4 Å². The van der Waals surface area contributed by atoms with Crippen LogP contribution < -0.4 is 10.5 Å². The quantitative estimate of drug-likeness (QED) is 0.330. The molecule has 0 radical (unpaired) electrons.